The van der Waals surface area contributed by atoms with Crippen LogP contribution in [0.3, 0.4) is 0 Å². The van der Waals surface area contributed by atoms with Crippen LogP contribution in [0.25, 0.3) is 22.6 Å². The zero-order chi connectivity index (χ0) is 19.8. The molecule has 5 rings (SSSR count). The smallest absolute Gasteiger partial charge is 0.261 e. The highest BCUT2D eigenvalue weighted by molar-refractivity contribution is 5.66. The Kier molecular flexibility index (Phi) is 3.97. The van der Waals surface area contributed by atoms with Gasteiger partial charge < -0.3 is 16.0 Å². The predicted octanol–water partition coefficient (Wildman–Crippen LogP) is 3.22. The van der Waals surface area contributed by atoms with Crippen molar-refractivity contribution in [3.8, 4) is 22.6 Å². The minimum atomic E-state index is -0.241. The molecule has 8 nitrogen and oxygen atoms in total. The SMILES string of the molecule is Nc1ncc(-c2ccc(C3(c4noc(-c5cccnc5N)n4)CCC3)cc2)cn1. The van der Waals surface area contributed by atoms with Crippen molar-refractivity contribution in [3.63, 3.8) is 0 Å². The summed E-state index contributed by atoms with van der Waals surface area (Å²) >= 11 is 0. The molecule has 1 saturated carbocycles. The van der Waals surface area contributed by atoms with Gasteiger partial charge in [0.25, 0.3) is 5.89 Å². The number of nitrogen functional groups attached to an aromatic ring is 2. The van der Waals surface area contributed by atoms with Crippen molar-refractivity contribution in [1.29, 1.82) is 0 Å². The molecule has 0 aliphatic heterocycles. The van der Waals surface area contributed by atoms with Gasteiger partial charge in [-0.1, -0.05) is 35.8 Å². The Labute approximate surface area is 167 Å². The summed E-state index contributed by atoms with van der Waals surface area (Å²) in [5.41, 5.74) is 15.0. The fraction of sp³-hybridized carbons (Fsp3) is 0.190. The topological polar surface area (TPSA) is 130 Å². The van der Waals surface area contributed by atoms with Crippen molar-refractivity contribution in [2.24, 2.45) is 0 Å². The summed E-state index contributed by atoms with van der Waals surface area (Å²) in [6, 6.07) is 12.0. The van der Waals surface area contributed by atoms with Crippen molar-refractivity contribution in [2.45, 2.75) is 24.7 Å². The Bertz CT molecular complexity index is 1150. The van der Waals surface area contributed by atoms with E-state index >= 15 is 0 Å². The van der Waals surface area contributed by atoms with Crippen molar-refractivity contribution in [1.82, 2.24) is 25.1 Å². The zero-order valence-corrected chi connectivity index (χ0v) is 15.6. The monoisotopic (exact) mass is 385 g/mol. The first kappa shape index (κ1) is 17.3. The summed E-state index contributed by atoms with van der Waals surface area (Å²) in [7, 11) is 0. The molecule has 29 heavy (non-hydrogen) atoms. The molecular formula is C21H19N7O. The van der Waals surface area contributed by atoms with E-state index in [0.717, 1.165) is 36.0 Å². The van der Waals surface area contributed by atoms with E-state index in [-0.39, 0.29) is 11.4 Å². The summed E-state index contributed by atoms with van der Waals surface area (Å²) in [5, 5.41) is 4.29. The van der Waals surface area contributed by atoms with E-state index in [2.05, 4.69) is 49.4 Å². The van der Waals surface area contributed by atoms with Crippen molar-refractivity contribution >= 4 is 11.8 Å². The molecular weight excluding hydrogens is 366 g/mol. The Morgan fingerprint density at radius 1 is 0.897 bits per heavy atom. The Morgan fingerprint density at radius 3 is 2.31 bits per heavy atom. The second kappa shape index (κ2) is 6.66. The van der Waals surface area contributed by atoms with Gasteiger partial charge in [-0.15, -0.1) is 0 Å². The van der Waals surface area contributed by atoms with Crippen LogP contribution in [0, 0.1) is 0 Å². The average Bonchev–Trinajstić information content (AvgIpc) is 3.19. The molecule has 1 fully saturated rings. The van der Waals surface area contributed by atoms with E-state index in [1.165, 1.54) is 0 Å². The molecule has 3 aromatic heterocycles. The highest BCUT2D eigenvalue weighted by Gasteiger charge is 2.44. The number of hydrogen-bond acceptors (Lipinski definition) is 8. The molecule has 8 heteroatoms. The lowest BCUT2D eigenvalue weighted by Crippen LogP contribution is -2.36. The maximum atomic E-state index is 5.95. The summed E-state index contributed by atoms with van der Waals surface area (Å²) in [5.74, 6) is 1.72. The van der Waals surface area contributed by atoms with Gasteiger partial charge in [-0.25, -0.2) is 15.0 Å². The summed E-state index contributed by atoms with van der Waals surface area (Å²) in [4.78, 5) is 16.9. The molecule has 0 amide bonds. The van der Waals surface area contributed by atoms with Crippen LogP contribution in [0.2, 0.25) is 0 Å². The molecule has 0 spiro atoms. The normalized spacial score (nSPS) is 15.0. The van der Waals surface area contributed by atoms with Gasteiger partial charge in [-0.2, -0.15) is 4.98 Å². The fourth-order valence-corrected chi connectivity index (χ4v) is 3.77. The minimum Gasteiger partial charge on any atom is -0.383 e. The second-order valence-electron chi connectivity index (χ2n) is 7.20. The third-order valence-corrected chi connectivity index (χ3v) is 5.57. The number of pyridine rings is 1. The van der Waals surface area contributed by atoms with Crippen molar-refractivity contribution in [3.05, 3.63) is 66.4 Å². The molecule has 144 valence electrons. The van der Waals surface area contributed by atoms with Gasteiger partial charge in [0.1, 0.15) is 5.82 Å². The molecule has 1 aromatic carbocycles. The molecule has 1 aliphatic rings. The largest absolute Gasteiger partial charge is 0.383 e. The lowest BCUT2D eigenvalue weighted by molar-refractivity contribution is 0.273. The van der Waals surface area contributed by atoms with Gasteiger partial charge in [0, 0.05) is 24.2 Å². The molecule has 3 heterocycles. The van der Waals surface area contributed by atoms with E-state index in [1.807, 2.05) is 6.07 Å². The van der Waals surface area contributed by atoms with Crippen LogP contribution >= 0.6 is 0 Å². The Morgan fingerprint density at radius 2 is 1.66 bits per heavy atom. The highest BCUT2D eigenvalue weighted by Crippen LogP contribution is 2.48. The quantitative estimate of drug-likeness (QED) is 0.548. The number of hydrogen-bond donors (Lipinski definition) is 2. The van der Waals surface area contributed by atoms with Crippen LogP contribution in [-0.2, 0) is 5.41 Å². The maximum absolute atomic E-state index is 5.95. The van der Waals surface area contributed by atoms with Crippen LogP contribution in [0.4, 0.5) is 11.8 Å². The van der Waals surface area contributed by atoms with E-state index in [0.29, 0.717) is 23.1 Å². The molecule has 0 unspecified atom stereocenters. The van der Waals surface area contributed by atoms with Gasteiger partial charge in [0.2, 0.25) is 5.95 Å². The molecule has 0 saturated heterocycles. The standard InChI is InChI=1S/C21H19N7O/c22-17-16(3-1-10-24-17)18-27-19(28-29-18)21(8-2-9-21)15-6-4-13(5-7-15)14-11-25-20(23)26-12-14/h1,3-7,10-12H,2,8-9H2,(H2,22,24)(H2,23,25,26). The summed E-state index contributed by atoms with van der Waals surface area (Å²) in [6.45, 7) is 0. The number of rotatable bonds is 4. The van der Waals surface area contributed by atoms with Crippen LogP contribution < -0.4 is 11.5 Å². The van der Waals surface area contributed by atoms with E-state index in [4.69, 9.17) is 16.0 Å². The molecule has 4 N–H and O–H groups in total. The van der Waals surface area contributed by atoms with E-state index < -0.39 is 0 Å². The first-order chi connectivity index (χ1) is 14.2. The highest BCUT2D eigenvalue weighted by atomic mass is 16.5. The lowest BCUT2D eigenvalue weighted by atomic mass is 9.64. The first-order valence-electron chi connectivity index (χ1n) is 9.39. The van der Waals surface area contributed by atoms with E-state index in [9.17, 15) is 0 Å². The van der Waals surface area contributed by atoms with Crippen LogP contribution in [-0.4, -0.2) is 25.1 Å². The third-order valence-electron chi connectivity index (χ3n) is 5.57. The maximum Gasteiger partial charge on any atom is 0.261 e. The van der Waals surface area contributed by atoms with Gasteiger partial charge >= 0.3 is 0 Å². The molecule has 1 aliphatic carbocycles. The van der Waals surface area contributed by atoms with Crippen LogP contribution in [0.1, 0.15) is 30.7 Å². The van der Waals surface area contributed by atoms with E-state index in [1.54, 1.807) is 24.7 Å². The molecule has 0 bridgehead atoms. The predicted molar refractivity (Wildman–Crippen MR) is 108 cm³/mol. The number of anilines is 2. The number of aromatic nitrogens is 5. The molecule has 0 atom stereocenters. The number of nitrogens with zero attached hydrogens (tertiary/aromatic N) is 5. The van der Waals surface area contributed by atoms with Crippen molar-refractivity contribution in [2.75, 3.05) is 11.5 Å². The summed E-state index contributed by atoms with van der Waals surface area (Å²) < 4.78 is 5.53. The van der Waals surface area contributed by atoms with Gasteiger partial charge in [0.05, 0.1) is 11.0 Å². The number of nitrogens with two attached hydrogens (primary N) is 2. The van der Waals surface area contributed by atoms with Crippen molar-refractivity contribution < 1.29 is 4.52 Å². The first-order valence-corrected chi connectivity index (χ1v) is 9.39. The minimum absolute atomic E-state index is 0.241. The van der Waals surface area contributed by atoms with Crippen LogP contribution in [0.5, 0.6) is 0 Å². The van der Waals surface area contributed by atoms with Gasteiger partial charge in [0.15, 0.2) is 5.82 Å². The lowest BCUT2D eigenvalue weighted by Gasteiger charge is -2.39. The number of benzene rings is 1. The molecule has 4 aromatic rings. The van der Waals surface area contributed by atoms with Crippen LogP contribution in [0.15, 0.2) is 59.5 Å². The Hall–Kier alpha value is -3.81. The average molecular weight is 385 g/mol. The van der Waals surface area contributed by atoms with Gasteiger partial charge in [-0.05, 0) is 36.1 Å². The zero-order valence-electron chi connectivity index (χ0n) is 15.6. The fourth-order valence-electron chi connectivity index (χ4n) is 3.77. The summed E-state index contributed by atoms with van der Waals surface area (Å²) in [6.07, 6.45) is 8.14. The molecule has 0 radical (unpaired) electrons. The Balaban J connectivity index is 1.48. The second-order valence-corrected chi connectivity index (χ2v) is 7.20. The third kappa shape index (κ3) is 2.89. The van der Waals surface area contributed by atoms with Gasteiger partial charge in [-0.3, -0.25) is 0 Å².